The second-order valence-electron chi connectivity index (χ2n) is 4.20. The SMILES string of the molecule is COc1c(F)cc(C2=NNC(=O)CC2C)c(F)c1Cl. The van der Waals surface area contributed by atoms with E-state index in [0.717, 1.165) is 6.07 Å². The summed E-state index contributed by atoms with van der Waals surface area (Å²) in [6, 6.07) is 0.965. The largest absolute Gasteiger partial charge is 0.492 e. The molecule has 1 aliphatic heterocycles. The van der Waals surface area contributed by atoms with E-state index in [1.807, 2.05) is 0 Å². The summed E-state index contributed by atoms with van der Waals surface area (Å²) in [5, 5.41) is 3.33. The molecule has 1 aromatic carbocycles. The molecule has 102 valence electrons. The van der Waals surface area contributed by atoms with E-state index in [9.17, 15) is 13.6 Å². The lowest BCUT2D eigenvalue weighted by Crippen LogP contribution is -2.32. The molecule has 7 heteroatoms. The first-order valence-electron chi connectivity index (χ1n) is 5.54. The summed E-state index contributed by atoms with van der Waals surface area (Å²) in [5.41, 5.74) is 2.42. The van der Waals surface area contributed by atoms with E-state index in [-0.39, 0.29) is 35.3 Å². The Balaban J connectivity index is 2.55. The molecule has 1 atom stereocenters. The van der Waals surface area contributed by atoms with Gasteiger partial charge < -0.3 is 4.74 Å². The number of carbonyl (C=O) groups excluding carboxylic acids is 1. The van der Waals surface area contributed by atoms with Gasteiger partial charge in [0.25, 0.3) is 0 Å². The molecular formula is C12H11ClF2N2O2. The van der Waals surface area contributed by atoms with Gasteiger partial charge in [0.1, 0.15) is 5.02 Å². The van der Waals surface area contributed by atoms with E-state index >= 15 is 0 Å². The van der Waals surface area contributed by atoms with Crippen molar-refractivity contribution in [2.75, 3.05) is 7.11 Å². The van der Waals surface area contributed by atoms with Crippen molar-refractivity contribution >= 4 is 23.2 Å². The lowest BCUT2D eigenvalue weighted by molar-refractivity contribution is -0.121. The third kappa shape index (κ3) is 2.40. The fourth-order valence-electron chi connectivity index (χ4n) is 1.93. The van der Waals surface area contributed by atoms with Gasteiger partial charge in [0.15, 0.2) is 17.4 Å². The predicted molar refractivity (Wildman–Crippen MR) is 66.4 cm³/mol. The van der Waals surface area contributed by atoms with Gasteiger partial charge in [0, 0.05) is 17.9 Å². The fraction of sp³-hybridized carbons (Fsp3) is 0.333. The number of benzene rings is 1. The zero-order valence-corrected chi connectivity index (χ0v) is 11.0. The molecule has 1 aliphatic rings. The van der Waals surface area contributed by atoms with Crippen LogP contribution in [0.2, 0.25) is 5.02 Å². The Kier molecular flexibility index (Phi) is 3.71. The molecule has 19 heavy (non-hydrogen) atoms. The number of amides is 1. The minimum absolute atomic E-state index is 0.0733. The summed E-state index contributed by atoms with van der Waals surface area (Å²) in [6.45, 7) is 1.70. The Hall–Kier alpha value is -1.69. The lowest BCUT2D eigenvalue weighted by atomic mass is 9.93. The molecule has 1 heterocycles. The molecule has 1 amide bonds. The summed E-state index contributed by atoms with van der Waals surface area (Å²) >= 11 is 5.72. The lowest BCUT2D eigenvalue weighted by Gasteiger charge is -2.20. The van der Waals surface area contributed by atoms with Gasteiger partial charge in [-0.3, -0.25) is 4.79 Å². The predicted octanol–water partition coefficient (Wildman–Crippen LogP) is 2.49. The van der Waals surface area contributed by atoms with Crippen LogP contribution < -0.4 is 10.2 Å². The number of nitrogens with one attached hydrogen (secondary N) is 1. The van der Waals surface area contributed by atoms with Crippen molar-refractivity contribution in [1.29, 1.82) is 0 Å². The average molecular weight is 289 g/mol. The van der Waals surface area contributed by atoms with Gasteiger partial charge in [-0.25, -0.2) is 14.2 Å². The first-order chi connectivity index (χ1) is 8.95. The molecule has 1 unspecified atom stereocenters. The molecule has 0 radical (unpaired) electrons. The van der Waals surface area contributed by atoms with Crippen molar-refractivity contribution in [1.82, 2.24) is 5.43 Å². The first-order valence-corrected chi connectivity index (χ1v) is 5.91. The number of methoxy groups -OCH3 is 1. The summed E-state index contributed by atoms with van der Waals surface area (Å²) in [4.78, 5) is 11.1. The third-order valence-electron chi connectivity index (χ3n) is 2.86. The van der Waals surface area contributed by atoms with Gasteiger partial charge in [-0.2, -0.15) is 5.10 Å². The van der Waals surface area contributed by atoms with Crippen LogP contribution in [0.5, 0.6) is 5.75 Å². The molecule has 1 N–H and O–H groups in total. The molecular weight excluding hydrogens is 278 g/mol. The van der Waals surface area contributed by atoms with Crippen LogP contribution in [0.25, 0.3) is 0 Å². The zero-order chi connectivity index (χ0) is 14.2. The highest BCUT2D eigenvalue weighted by atomic mass is 35.5. The van der Waals surface area contributed by atoms with Gasteiger partial charge in [-0.1, -0.05) is 18.5 Å². The second-order valence-corrected chi connectivity index (χ2v) is 4.58. The number of carbonyl (C=O) groups is 1. The summed E-state index contributed by atoms with van der Waals surface area (Å²) in [7, 11) is 1.20. The molecule has 1 aromatic rings. The Morgan fingerprint density at radius 1 is 1.53 bits per heavy atom. The van der Waals surface area contributed by atoms with E-state index < -0.39 is 16.7 Å². The normalized spacial score (nSPS) is 18.9. The first kappa shape index (κ1) is 13.7. The van der Waals surface area contributed by atoms with Crippen LogP contribution in [0.1, 0.15) is 18.9 Å². The van der Waals surface area contributed by atoms with Gasteiger partial charge in [0.2, 0.25) is 5.91 Å². The van der Waals surface area contributed by atoms with E-state index in [1.54, 1.807) is 6.92 Å². The number of hydrazone groups is 1. The van der Waals surface area contributed by atoms with E-state index in [4.69, 9.17) is 11.6 Å². The number of ether oxygens (including phenoxy) is 1. The number of hydrogen-bond donors (Lipinski definition) is 1. The summed E-state index contributed by atoms with van der Waals surface area (Å²) < 4.78 is 32.5. The Bertz CT molecular complexity index is 575. The molecule has 0 aliphatic carbocycles. The molecule has 4 nitrogen and oxygen atoms in total. The van der Waals surface area contributed by atoms with Crippen LogP contribution in [0, 0.1) is 17.6 Å². The topological polar surface area (TPSA) is 50.7 Å². The van der Waals surface area contributed by atoms with Crippen LogP contribution in [0.4, 0.5) is 8.78 Å². The van der Waals surface area contributed by atoms with Crippen LogP contribution in [0.3, 0.4) is 0 Å². The van der Waals surface area contributed by atoms with Gasteiger partial charge in [0.05, 0.1) is 12.8 Å². The minimum atomic E-state index is -0.818. The second kappa shape index (κ2) is 5.13. The molecule has 0 saturated heterocycles. The van der Waals surface area contributed by atoms with Gasteiger partial charge >= 0.3 is 0 Å². The molecule has 2 rings (SSSR count). The van der Waals surface area contributed by atoms with Gasteiger partial charge in [-0.15, -0.1) is 0 Å². The number of halogens is 3. The zero-order valence-electron chi connectivity index (χ0n) is 10.3. The average Bonchev–Trinajstić information content (AvgIpc) is 2.35. The highest BCUT2D eigenvalue weighted by Crippen LogP contribution is 2.34. The highest BCUT2D eigenvalue weighted by molar-refractivity contribution is 6.32. The number of rotatable bonds is 2. The van der Waals surface area contributed by atoms with Crippen molar-refractivity contribution in [2.45, 2.75) is 13.3 Å². The standard InChI is InChI=1S/C12H11ClF2N2O2/c1-5-3-8(18)16-17-11(5)6-4-7(14)12(19-2)9(13)10(6)15/h4-5H,3H2,1-2H3,(H,16,18). The maximum atomic E-state index is 14.1. The summed E-state index contributed by atoms with van der Waals surface area (Å²) in [6.07, 6.45) is 0.156. The molecule has 0 saturated carbocycles. The van der Waals surface area contributed by atoms with Crippen molar-refractivity contribution in [3.05, 3.63) is 28.3 Å². The van der Waals surface area contributed by atoms with Crippen LogP contribution >= 0.6 is 11.6 Å². The highest BCUT2D eigenvalue weighted by Gasteiger charge is 2.27. The van der Waals surface area contributed by atoms with E-state index in [2.05, 4.69) is 15.3 Å². The van der Waals surface area contributed by atoms with Crippen molar-refractivity contribution < 1.29 is 18.3 Å². The van der Waals surface area contributed by atoms with Crippen molar-refractivity contribution in [3.8, 4) is 5.75 Å². The van der Waals surface area contributed by atoms with Crippen molar-refractivity contribution in [2.24, 2.45) is 11.0 Å². The molecule has 0 aromatic heterocycles. The Morgan fingerprint density at radius 2 is 2.21 bits per heavy atom. The quantitative estimate of drug-likeness (QED) is 0.850. The third-order valence-corrected chi connectivity index (χ3v) is 3.19. The molecule has 0 bridgehead atoms. The minimum Gasteiger partial charge on any atom is -0.492 e. The fourth-order valence-corrected chi connectivity index (χ4v) is 2.20. The Morgan fingerprint density at radius 3 is 2.79 bits per heavy atom. The Labute approximate surface area is 113 Å². The van der Waals surface area contributed by atoms with Gasteiger partial charge in [-0.05, 0) is 6.07 Å². The maximum Gasteiger partial charge on any atom is 0.240 e. The van der Waals surface area contributed by atoms with Crippen LogP contribution in [-0.2, 0) is 4.79 Å². The summed E-state index contributed by atoms with van der Waals surface area (Å²) in [5.74, 6) is -2.54. The van der Waals surface area contributed by atoms with Crippen molar-refractivity contribution in [3.63, 3.8) is 0 Å². The smallest absolute Gasteiger partial charge is 0.240 e. The molecule has 0 spiro atoms. The maximum absolute atomic E-state index is 14.1. The van der Waals surface area contributed by atoms with Crippen LogP contribution in [0.15, 0.2) is 11.2 Å². The molecule has 0 fully saturated rings. The van der Waals surface area contributed by atoms with E-state index in [1.165, 1.54) is 7.11 Å². The van der Waals surface area contributed by atoms with E-state index in [0.29, 0.717) is 0 Å². The monoisotopic (exact) mass is 288 g/mol. The number of nitrogens with zero attached hydrogens (tertiary/aromatic N) is 1. The number of hydrogen-bond acceptors (Lipinski definition) is 3. The van der Waals surface area contributed by atoms with Crippen LogP contribution in [-0.4, -0.2) is 18.7 Å².